The van der Waals surface area contributed by atoms with Gasteiger partial charge in [0.15, 0.2) is 5.78 Å². The number of hydrogen-bond acceptors (Lipinski definition) is 4. The van der Waals surface area contributed by atoms with E-state index in [-0.39, 0.29) is 5.78 Å². The van der Waals surface area contributed by atoms with Crippen LogP contribution in [-0.4, -0.2) is 29.8 Å². The lowest BCUT2D eigenvalue weighted by atomic mass is 10.1. The number of halogens is 1. The maximum absolute atomic E-state index is 11.7. The summed E-state index contributed by atoms with van der Waals surface area (Å²) in [6.45, 7) is 0. The number of ketones is 1. The molecule has 86 valence electrons. The molecule has 0 amide bonds. The van der Waals surface area contributed by atoms with Crippen molar-refractivity contribution in [2.45, 2.75) is 4.71 Å². The van der Waals surface area contributed by atoms with Crippen LogP contribution in [0, 0.1) is 0 Å². The predicted octanol–water partition coefficient (Wildman–Crippen LogP) is 2.58. The number of carbonyl (C=O) groups is 2. The highest BCUT2D eigenvalue weighted by Gasteiger charge is 2.16. The van der Waals surface area contributed by atoms with E-state index in [0.29, 0.717) is 11.1 Å². The van der Waals surface area contributed by atoms with E-state index in [0.717, 1.165) is 0 Å². The van der Waals surface area contributed by atoms with Crippen LogP contribution in [0.3, 0.4) is 0 Å². The van der Waals surface area contributed by atoms with Crippen molar-refractivity contribution in [1.82, 2.24) is 0 Å². The second-order valence-corrected chi connectivity index (χ2v) is 4.62. The van der Waals surface area contributed by atoms with Crippen LogP contribution in [0.5, 0.6) is 0 Å². The van der Waals surface area contributed by atoms with E-state index in [1.54, 1.807) is 30.5 Å². The first-order valence-corrected chi connectivity index (χ1v) is 6.22. The van der Waals surface area contributed by atoms with Crippen LogP contribution >= 0.6 is 23.4 Å². The number of alkyl halides is 1. The number of benzene rings is 1. The maximum atomic E-state index is 11.7. The topological polar surface area (TPSA) is 43.4 Å². The molecule has 1 aromatic carbocycles. The molecule has 1 unspecified atom stereocenters. The van der Waals surface area contributed by atoms with Gasteiger partial charge >= 0.3 is 5.97 Å². The van der Waals surface area contributed by atoms with Gasteiger partial charge < -0.3 is 4.74 Å². The zero-order valence-electron chi connectivity index (χ0n) is 8.90. The molecule has 16 heavy (non-hydrogen) atoms. The van der Waals surface area contributed by atoms with Crippen molar-refractivity contribution in [3.8, 4) is 0 Å². The summed E-state index contributed by atoms with van der Waals surface area (Å²) in [5.41, 5.74) is 0.899. The first-order chi connectivity index (χ1) is 7.60. The molecule has 0 aliphatic carbocycles. The minimum atomic E-state index is -0.594. The highest BCUT2D eigenvalue weighted by atomic mass is 35.5. The Labute approximate surface area is 103 Å². The van der Waals surface area contributed by atoms with Crippen LogP contribution in [0.1, 0.15) is 20.7 Å². The van der Waals surface area contributed by atoms with E-state index < -0.39 is 10.7 Å². The number of ether oxygens (including phenoxy) is 1. The summed E-state index contributed by atoms with van der Waals surface area (Å²) < 4.78 is 3.96. The summed E-state index contributed by atoms with van der Waals surface area (Å²) in [7, 11) is 1.31. The Morgan fingerprint density at radius 2 is 1.75 bits per heavy atom. The standard InChI is InChI=1S/C11H11ClO3S/c1-15-11(14)8-5-3-7(4-6-8)9(13)10(12)16-2/h3-6,10H,1-2H3. The van der Waals surface area contributed by atoms with Crippen LogP contribution in [0.4, 0.5) is 0 Å². The summed E-state index contributed by atoms with van der Waals surface area (Å²) in [5.74, 6) is -0.586. The van der Waals surface area contributed by atoms with E-state index >= 15 is 0 Å². The van der Waals surface area contributed by atoms with Gasteiger partial charge in [0, 0.05) is 5.56 Å². The quantitative estimate of drug-likeness (QED) is 0.473. The van der Waals surface area contributed by atoms with Gasteiger partial charge in [-0.15, -0.1) is 23.4 Å². The summed E-state index contributed by atoms with van der Waals surface area (Å²) in [6, 6.07) is 6.23. The molecule has 0 fully saturated rings. The van der Waals surface area contributed by atoms with E-state index in [1.807, 2.05) is 0 Å². The van der Waals surface area contributed by atoms with Gasteiger partial charge in [-0.05, 0) is 18.4 Å². The van der Waals surface area contributed by atoms with Crippen molar-refractivity contribution < 1.29 is 14.3 Å². The highest BCUT2D eigenvalue weighted by molar-refractivity contribution is 8.01. The molecule has 0 aliphatic heterocycles. The molecule has 0 heterocycles. The van der Waals surface area contributed by atoms with Crippen molar-refractivity contribution in [1.29, 1.82) is 0 Å². The minimum Gasteiger partial charge on any atom is -0.465 e. The van der Waals surface area contributed by atoms with E-state index in [1.165, 1.54) is 18.9 Å². The lowest BCUT2D eigenvalue weighted by Gasteiger charge is -2.05. The van der Waals surface area contributed by atoms with E-state index in [2.05, 4.69) is 4.74 Å². The molecule has 1 rings (SSSR count). The molecule has 0 aliphatic rings. The van der Waals surface area contributed by atoms with Gasteiger partial charge in [-0.2, -0.15) is 0 Å². The molecule has 0 bridgehead atoms. The fraction of sp³-hybridized carbons (Fsp3) is 0.273. The van der Waals surface area contributed by atoms with Crippen molar-refractivity contribution in [3.05, 3.63) is 35.4 Å². The Morgan fingerprint density at radius 1 is 1.25 bits per heavy atom. The van der Waals surface area contributed by atoms with Gasteiger partial charge in [-0.3, -0.25) is 4.79 Å². The number of methoxy groups -OCH3 is 1. The second-order valence-electron chi connectivity index (χ2n) is 2.98. The third-order valence-electron chi connectivity index (χ3n) is 2.00. The fourth-order valence-corrected chi connectivity index (χ4v) is 1.60. The van der Waals surface area contributed by atoms with Crippen LogP contribution in [0.25, 0.3) is 0 Å². The van der Waals surface area contributed by atoms with Crippen LogP contribution < -0.4 is 0 Å². The third-order valence-corrected chi connectivity index (χ3v) is 3.36. The Kier molecular flexibility index (Phi) is 4.83. The average molecular weight is 259 g/mol. The molecule has 3 nitrogen and oxygen atoms in total. The van der Waals surface area contributed by atoms with Gasteiger partial charge in [0.1, 0.15) is 4.71 Å². The first-order valence-electron chi connectivity index (χ1n) is 4.49. The van der Waals surface area contributed by atoms with Crippen molar-refractivity contribution in [2.75, 3.05) is 13.4 Å². The molecule has 1 atom stereocenters. The van der Waals surface area contributed by atoms with Crippen molar-refractivity contribution in [2.24, 2.45) is 0 Å². The summed E-state index contributed by atoms with van der Waals surface area (Å²) in [4.78, 5) is 22.8. The van der Waals surface area contributed by atoms with Crippen LogP contribution in [0.15, 0.2) is 24.3 Å². The fourth-order valence-electron chi connectivity index (χ4n) is 1.13. The number of thioether (sulfide) groups is 1. The molecular formula is C11H11ClO3S. The summed E-state index contributed by atoms with van der Waals surface area (Å²) in [5, 5.41) is 0. The highest BCUT2D eigenvalue weighted by Crippen LogP contribution is 2.18. The Morgan fingerprint density at radius 3 is 2.19 bits per heavy atom. The summed E-state index contributed by atoms with van der Waals surface area (Å²) >= 11 is 7.07. The molecule has 0 N–H and O–H groups in total. The zero-order valence-corrected chi connectivity index (χ0v) is 10.5. The minimum absolute atomic E-state index is 0.161. The Balaban J connectivity index is 2.87. The lowest BCUT2D eigenvalue weighted by Crippen LogP contribution is -2.11. The number of rotatable bonds is 4. The van der Waals surface area contributed by atoms with Crippen LogP contribution in [-0.2, 0) is 4.74 Å². The number of carbonyl (C=O) groups excluding carboxylic acids is 2. The van der Waals surface area contributed by atoms with Crippen LogP contribution in [0.2, 0.25) is 0 Å². The molecule has 0 spiro atoms. The lowest BCUT2D eigenvalue weighted by molar-refractivity contribution is 0.0600. The molecule has 0 saturated heterocycles. The first kappa shape index (κ1) is 13.1. The van der Waals surface area contributed by atoms with Gasteiger partial charge in [0.25, 0.3) is 0 Å². The molecular weight excluding hydrogens is 248 g/mol. The predicted molar refractivity (Wildman–Crippen MR) is 65.3 cm³/mol. The second kappa shape index (κ2) is 5.92. The number of esters is 1. The smallest absolute Gasteiger partial charge is 0.337 e. The van der Waals surface area contributed by atoms with Gasteiger partial charge in [-0.25, -0.2) is 4.79 Å². The molecule has 1 aromatic rings. The maximum Gasteiger partial charge on any atom is 0.337 e. The zero-order chi connectivity index (χ0) is 12.1. The molecule has 0 aromatic heterocycles. The monoisotopic (exact) mass is 258 g/mol. The number of Topliss-reactive ketones (excluding diaryl/α,β-unsaturated/α-hetero) is 1. The van der Waals surface area contributed by atoms with Crippen molar-refractivity contribution >= 4 is 35.1 Å². The van der Waals surface area contributed by atoms with Gasteiger partial charge in [0.2, 0.25) is 0 Å². The van der Waals surface area contributed by atoms with Gasteiger partial charge in [0.05, 0.1) is 12.7 Å². The van der Waals surface area contributed by atoms with E-state index in [4.69, 9.17) is 11.6 Å². The Hall–Kier alpha value is -1.00. The largest absolute Gasteiger partial charge is 0.465 e. The van der Waals surface area contributed by atoms with E-state index in [9.17, 15) is 9.59 Å². The average Bonchev–Trinajstić information content (AvgIpc) is 2.36. The third kappa shape index (κ3) is 3.00. The number of hydrogen-bond donors (Lipinski definition) is 0. The van der Waals surface area contributed by atoms with Gasteiger partial charge in [-0.1, -0.05) is 12.1 Å². The SMILES string of the molecule is COC(=O)c1ccc(C(=O)C(Cl)SC)cc1. The Bertz CT molecular complexity index is 389. The summed E-state index contributed by atoms with van der Waals surface area (Å²) in [6.07, 6.45) is 1.76. The molecule has 5 heteroatoms. The normalized spacial score (nSPS) is 11.9. The molecule has 0 saturated carbocycles. The molecule has 0 radical (unpaired) electrons. The van der Waals surface area contributed by atoms with Crippen molar-refractivity contribution in [3.63, 3.8) is 0 Å².